The molecule has 0 unspecified atom stereocenters. The van der Waals surface area contributed by atoms with E-state index >= 15 is 0 Å². The smallest absolute Gasteiger partial charge is 0.255 e. The van der Waals surface area contributed by atoms with Crippen molar-refractivity contribution in [3.63, 3.8) is 0 Å². The Kier molecular flexibility index (Phi) is 5.22. The van der Waals surface area contributed by atoms with E-state index in [0.29, 0.717) is 39.5 Å². The molecule has 0 fully saturated rings. The van der Waals surface area contributed by atoms with Gasteiger partial charge in [-0.1, -0.05) is 6.07 Å². The number of carbonyl (C=O) groups excluding carboxylic acids is 1. The van der Waals surface area contributed by atoms with Gasteiger partial charge < -0.3 is 19.2 Å². The zero-order chi connectivity index (χ0) is 21.1. The van der Waals surface area contributed by atoms with Gasteiger partial charge in [-0.05, 0) is 54.6 Å². The first-order chi connectivity index (χ1) is 14.6. The number of nitrogens with one attached hydrogen (secondary N) is 1. The Labute approximate surface area is 172 Å². The second-order valence-electron chi connectivity index (χ2n) is 6.60. The lowest BCUT2D eigenvalue weighted by atomic mass is 10.1. The maximum atomic E-state index is 12.6. The lowest BCUT2D eigenvalue weighted by molar-refractivity contribution is 0.102. The van der Waals surface area contributed by atoms with Crippen LogP contribution in [-0.2, 0) is 0 Å². The predicted octanol–water partition coefficient (Wildman–Crippen LogP) is 4.73. The van der Waals surface area contributed by atoms with Crippen LogP contribution in [0, 0.1) is 0 Å². The van der Waals surface area contributed by atoms with Crippen molar-refractivity contribution in [2.24, 2.45) is 0 Å². The van der Waals surface area contributed by atoms with Gasteiger partial charge in [0.25, 0.3) is 5.91 Å². The lowest BCUT2D eigenvalue weighted by Crippen LogP contribution is -2.12. The summed E-state index contributed by atoms with van der Waals surface area (Å²) in [6.45, 7) is 0. The monoisotopic (exact) mass is 401 g/mol. The van der Waals surface area contributed by atoms with E-state index in [1.165, 1.54) is 6.07 Å². The molecule has 1 aromatic heterocycles. The van der Waals surface area contributed by atoms with Crippen molar-refractivity contribution >= 4 is 22.6 Å². The Morgan fingerprint density at radius 2 is 1.63 bits per heavy atom. The molecule has 0 saturated carbocycles. The number of carbonyl (C=O) groups is 1. The molecule has 0 aliphatic heterocycles. The SMILES string of the molecule is COc1ccc(-c2cc(=O)c3ccc(NC(=O)c4cccc(OC)c4)cc3o2)cc1. The van der Waals surface area contributed by atoms with Gasteiger partial charge in [-0.2, -0.15) is 0 Å². The van der Waals surface area contributed by atoms with Gasteiger partial charge >= 0.3 is 0 Å². The van der Waals surface area contributed by atoms with Crippen LogP contribution in [0.2, 0.25) is 0 Å². The first-order valence-corrected chi connectivity index (χ1v) is 9.25. The fraction of sp³-hybridized carbons (Fsp3) is 0.0833. The minimum Gasteiger partial charge on any atom is -0.497 e. The highest BCUT2D eigenvalue weighted by Crippen LogP contribution is 2.26. The fourth-order valence-corrected chi connectivity index (χ4v) is 3.10. The van der Waals surface area contributed by atoms with E-state index in [1.807, 2.05) is 12.1 Å². The first-order valence-electron chi connectivity index (χ1n) is 9.25. The van der Waals surface area contributed by atoms with Crippen molar-refractivity contribution in [1.82, 2.24) is 0 Å². The summed E-state index contributed by atoms with van der Waals surface area (Å²) in [5, 5.41) is 3.26. The third-order valence-corrected chi connectivity index (χ3v) is 4.69. The molecule has 0 saturated heterocycles. The molecule has 3 aromatic carbocycles. The van der Waals surface area contributed by atoms with Gasteiger partial charge in [-0.15, -0.1) is 0 Å². The van der Waals surface area contributed by atoms with Crippen molar-refractivity contribution in [1.29, 1.82) is 0 Å². The van der Waals surface area contributed by atoms with Crippen LogP contribution in [0.15, 0.2) is 82.0 Å². The third kappa shape index (κ3) is 3.89. The van der Waals surface area contributed by atoms with Crippen LogP contribution in [-0.4, -0.2) is 20.1 Å². The number of benzene rings is 3. The summed E-state index contributed by atoms with van der Waals surface area (Å²) < 4.78 is 16.3. The van der Waals surface area contributed by atoms with E-state index in [-0.39, 0.29) is 11.3 Å². The Balaban J connectivity index is 1.67. The maximum absolute atomic E-state index is 12.6. The van der Waals surface area contributed by atoms with E-state index in [0.717, 1.165) is 5.56 Å². The van der Waals surface area contributed by atoms with Crippen LogP contribution in [0.1, 0.15) is 10.4 Å². The van der Waals surface area contributed by atoms with Gasteiger partial charge in [-0.3, -0.25) is 9.59 Å². The summed E-state index contributed by atoms with van der Waals surface area (Å²) in [5.41, 5.74) is 1.96. The second kappa shape index (κ2) is 8.13. The Morgan fingerprint density at radius 1 is 0.867 bits per heavy atom. The number of amides is 1. The zero-order valence-corrected chi connectivity index (χ0v) is 16.5. The Morgan fingerprint density at radius 3 is 2.37 bits per heavy atom. The molecule has 6 nitrogen and oxygen atoms in total. The maximum Gasteiger partial charge on any atom is 0.255 e. The van der Waals surface area contributed by atoms with Crippen LogP contribution in [0.4, 0.5) is 5.69 Å². The minimum atomic E-state index is -0.290. The first kappa shape index (κ1) is 19.3. The highest BCUT2D eigenvalue weighted by molar-refractivity contribution is 6.05. The predicted molar refractivity (Wildman–Crippen MR) is 115 cm³/mol. The molecule has 0 aliphatic carbocycles. The number of methoxy groups -OCH3 is 2. The normalized spacial score (nSPS) is 10.6. The molecule has 6 heteroatoms. The minimum absolute atomic E-state index is 0.159. The molecule has 1 heterocycles. The molecule has 30 heavy (non-hydrogen) atoms. The summed E-state index contributed by atoms with van der Waals surface area (Å²) in [6.07, 6.45) is 0. The molecule has 0 atom stereocenters. The number of rotatable bonds is 5. The summed E-state index contributed by atoms with van der Waals surface area (Å²) in [4.78, 5) is 25.1. The third-order valence-electron chi connectivity index (χ3n) is 4.69. The zero-order valence-electron chi connectivity index (χ0n) is 16.5. The standard InChI is InChI=1S/C24H19NO5/c1-28-18-9-6-15(7-10-18)22-14-21(26)20-11-8-17(13-23(20)30-22)25-24(27)16-4-3-5-19(12-16)29-2/h3-14H,1-2H3,(H,25,27). The van der Waals surface area contributed by atoms with E-state index in [4.69, 9.17) is 13.9 Å². The molecule has 4 aromatic rings. The lowest BCUT2D eigenvalue weighted by Gasteiger charge is -2.08. The summed E-state index contributed by atoms with van der Waals surface area (Å²) in [5.74, 6) is 1.45. The molecule has 150 valence electrons. The number of anilines is 1. The average molecular weight is 401 g/mol. The van der Waals surface area contributed by atoms with Crippen LogP contribution in [0.3, 0.4) is 0 Å². The topological polar surface area (TPSA) is 77.8 Å². The van der Waals surface area contributed by atoms with E-state index in [9.17, 15) is 9.59 Å². The van der Waals surface area contributed by atoms with Crippen molar-refractivity contribution in [3.8, 4) is 22.8 Å². The van der Waals surface area contributed by atoms with Crippen molar-refractivity contribution < 1.29 is 18.7 Å². The van der Waals surface area contributed by atoms with Crippen LogP contribution < -0.4 is 20.2 Å². The highest BCUT2D eigenvalue weighted by Gasteiger charge is 2.11. The van der Waals surface area contributed by atoms with Crippen molar-refractivity contribution in [3.05, 3.63) is 88.6 Å². The van der Waals surface area contributed by atoms with Crippen molar-refractivity contribution in [2.45, 2.75) is 0 Å². The molecule has 1 amide bonds. The Hall–Kier alpha value is -4.06. The van der Waals surface area contributed by atoms with Gasteiger partial charge in [0, 0.05) is 28.9 Å². The number of hydrogen-bond donors (Lipinski definition) is 1. The molecular weight excluding hydrogens is 382 g/mol. The van der Waals surface area contributed by atoms with Crippen LogP contribution in [0.25, 0.3) is 22.3 Å². The molecule has 4 rings (SSSR count). The van der Waals surface area contributed by atoms with Gasteiger partial charge in [0.2, 0.25) is 0 Å². The summed E-state index contributed by atoms with van der Waals surface area (Å²) in [7, 11) is 3.13. The largest absolute Gasteiger partial charge is 0.497 e. The van der Waals surface area contributed by atoms with Crippen LogP contribution >= 0.6 is 0 Å². The number of hydrogen-bond acceptors (Lipinski definition) is 5. The van der Waals surface area contributed by atoms with Gasteiger partial charge in [0.1, 0.15) is 22.8 Å². The average Bonchev–Trinajstić information content (AvgIpc) is 2.79. The summed E-state index contributed by atoms with van der Waals surface area (Å²) in [6, 6.07) is 20.5. The van der Waals surface area contributed by atoms with Crippen LogP contribution in [0.5, 0.6) is 11.5 Å². The van der Waals surface area contributed by atoms with E-state index in [2.05, 4.69) is 5.32 Å². The molecular formula is C24H19NO5. The summed E-state index contributed by atoms with van der Waals surface area (Å²) >= 11 is 0. The molecule has 0 bridgehead atoms. The molecule has 1 N–H and O–H groups in total. The molecule has 0 spiro atoms. The van der Waals surface area contributed by atoms with Gasteiger partial charge in [0.15, 0.2) is 5.43 Å². The van der Waals surface area contributed by atoms with E-state index in [1.54, 1.807) is 68.8 Å². The van der Waals surface area contributed by atoms with Gasteiger partial charge in [0.05, 0.1) is 19.6 Å². The number of ether oxygens (including phenoxy) is 2. The fourth-order valence-electron chi connectivity index (χ4n) is 3.10. The second-order valence-corrected chi connectivity index (χ2v) is 6.60. The quantitative estimate of drug-likeness (QED) is 0.523. The number of fused-ring (bicyclic) bond motifs is 1. The van der Waals surface area contributed by atoms with E-state index < -0.39 is 0 Å². The highest BCUT2D eigenvalue weighted by atomic mass is 16.5. The Bertz CT molecular complexity index is 1280. The molecule has 0 radical (unpaired) electrons. The molecule has 0 aliphatic rings. The van der Waals surface area contributed by atoms with Crippen molar-refractivity contribution in [2.75, 3.05) is 19.5 Å². The van der Waals surface area contributed by atoms with Gasteiger partial charge in [-0.25, -0.2) is 0 Å².